The summed E-state index contributed by atoms with van der Waals surface area (Å²) in [7, 11) is 0. The Balaban J connectivity index is 1.62. The molecule has 13 heteroatoms. The van der Waals surface area contributed by atoms with Crippen LogP contribution in [-0.4, -0.2) is 66.7 Å². The number of amides is 1. The summed E-state index contributed by atoms with van der Waals surface area (Å²) in [4.78, 5) is 18.1. The molecular formula is C28H30F5N5O2S. The molecule has 2 aromatic rings. The largest absolute Gasteiger partial charge is 0.492 e. The Morgan fingerprint density at radius 2 is 1.90 bits per heavy atom. The van der Waals surface area contributed by atoms with Crippen molar-refractivity contribution in [2.24, 2.45) is 0 Å². The second-order valence-electron chi connectivity index (χ2n) is 10.5. The van der Waals surface area contributed by atoms with Crippen molar-refractivity contribution in [3.63, 3.8) is 0 Å². The summed E-state index contributed by atoms with van der Waals surface area (Å²) in [6, 6.07) is 9.37. The van der Waals surface area contributed by atoms with Gasteiger partial charge in [0.25, 0.3) is 5.91 Å². The molecule has 2 saturated heterocycles. The van der Waals surface area contributed by atoms with Crippen molar-refractivity contribution in [2.45, 2.75) is 51.4 Å². The number of ether oxygens (including phenoxy) is 1. The molecule has 1 N–H and O–H groups in total. The third kappa shape index (κ3) is 6.45. The number of rotatable bonds is 8. The van der Waals surface area contributed by atoms with Gasteiger partial charge in [-0.2, -0.15) is 18.4 Å². The van der Waals surface area contributed by atoms with Crippen LogP contribution in [0.1, 0.15) is 37.5 Å². The molecule has 0 spiro atoms. The highest BCUT2D eigenvalue weighted by Gasteiger charge is 2.51. The number of benzene rings is 2. The number of alkyl halides is 5. The van der Waals surface area contributed by atoms with Gasteiger partial charge in [-0.25, -0.2) is 8.78 Å². The van der Waals surface area contributed by atoms with Gasteiger partial charge in [-0.15, -0.1) is 0 Å². The highest BCUT2D eigenvalue weighted by Crippen LogP contribution is 2.40. The van der Waals surface area contributed by atoms with Crippen LogP contribution in [0.5, 0.6) is 5.75 Å². The lowest BCUT2D eigenvalue weighted by atomic mass is 10.0. The highest BCUT2D eigenvalue weighted by molar-refractivity contribution is 7.81. The van der Waals surface area contributed by atoms with Crippen LogP contribution in [0.4, 0.5) is 33.3 Å². The van der Waals surface area contributed by atoms with Crippen molar-refractivity contribution in [3.8, 4) is 11.8 Å². The Morgan fingerprint density at radius 3 is 2.54 bits per heavy atom. The summed E-state index contributed by atoms with van der Waals surface area (Å²) in [6.45, 7) is 8.64. The van der Waals surface area contributed by atoms with Gasteiger partial charge in [0.1, 0.15) is 17.9 Å². The quantitative estimate of drug-likeness (QED) is 0.341. The first-order valence-corrected chi connectivity index (χ1v) is 13.4. The number of carbonyl (C=O) groups excluding carboxylic acids is 1. The maximum atomic E-state index is 13.6. The third-order valence-electron chi connectivity index (χ3n) is 7.15. The van der Waals surface area contributed by atoms with Gasteiger partial charge in [0.15, 0.2) is 5.11 Å². The van der Waals surface area contributed by atoms with Crippen molar-refractivity contribution < 1.29 is 31.5 Å². The van der Waals surface area contributed by atoms with Crippen LogP contribution in [-0.2, 0) is 17.4 Å². The molecule has 0 radical (unpaired) electrons. The molecule has 1 amide bonds. The van der Waals surface area contributed by atoms with E-state index in [0.717, 1.165) is 30.6 Å². The fourth-order valence-electron chi connectivity index (χ4n) is 5.13. The van der Waals surface area contributed by atoms with Crippen LogP contribution < -0.4 is 19.9 Å². The van der Waals surface area contributed by atoms with E-state index in [1.807, 2.05) is 0 Å². The molecule has 0 saturated carbocycles. The van der Waals surface area contributed by atoms with Gasteiger partial charge < -0.3 is 15.0 Å². The molecule has 220 valence electrons. The zero-order chi connectivity index (χ0) is 30.1. The van der Waals surface area contributed by atoms with Gasteiger partial charge in [0.05, 0.1) is 22.9 Å². The van der Waals surface area contributed by atoms with E-state index in [-0.39, 0.29) is 22.1 Å². The first-order valence-electron chi connectivity index (χ1n) is 13.0. The van der Waals surface area contributed by atoms with E-state index in [1.54, 1.807) is 26.0 Å². The molecule has 2 fully saturated rings. The average Bonchev–Trinajstić information content (AvgIpc) is 3.06. The van der Waals surface area contributed by atoms with E-state index < -0.39 is 41.6 Å². The first kappa shape index (κ1) is 30.6. The van der Waals surface area contributed by atoms with Crippen LogP contribution in [0, 0.1) is 11.3 Å². The summed E-state index contributed by atoms with van der Waals surface area (Å²) < 4.78 is 73.8. The lowest BCUT2D eigenvalue weighted by molar-refractivity contribution is -0.137. The first-order chi connectivity index (χ1) is 19.2. The number of nitrogens with one attached hydrogen (secondary N) is 1. The number of anilines is 2. The van der Waals surface area contributed by atoms with E-state index in [9.17, 15) is 26.7 Å². The fraction of sp³-hybridized carbons (Fsp3) is 0.464. The van der Waals surface area contributed by atoms with Crippen molar-refractivity contribution in [1.82, 2.24) is 10.2 Å². The number of nitriles is 1. The molecule has 1 atom stereocenters. The van der Waals surface area contributed by atoms with Crippen molar-refractivity contribution in [2.75, 3.05) is 42.6 Å². The lowest BCUT2D eigenvalue weighted by Crippen LogP contribution is -2.50. The van der Waals surface area contributed by atoms with Gasteiger partial charge in [0, 0.05) is 49.9 Å². The highest BCUT2D eigenvalue weighted by atomic mass is 32.1. The van der Waals surface area contributed by atoms with Gasteiger partial charge in [-0.3, -0.25) is 14.6 Å². The van der Waals surface area contributed by atoms with E-state index in [4.69, 9.17) is 22.2 Å². The van der Waals surface area contributed by atoms with Gasteiger partial charge >= 0.3 is 6.18 Å². The second kappa shape index (κ2) is 11.9. The number of hydrogen-bond acceptors (Lipinski definition) is 6. The molecule has 2 aliphatic rings. The summed E-state index contributed by atoms with van der Waals surface area (Å²) in [6.07, 6.45) is -8.10. The van der Waals surface area contributed by atoms with Gasteiger partial charge in [-0.1, -0.05) is 0 Å². The van der Waals surface area contributed by atoms with Crippen LogP contribution in [0.15, 0.2) is 36.4 Å². The minimum atomic E-state index is -4.83. The maximum absolute atomic E-state index is 13.6. The lowest BCUT2D eigenvalue weighted by Gasteiger charge is -2.32. The van der Waals surface area contributed by atoms with Crippen molar-refractivity contribution in [1.29, 1.82) is 5.26 Å². The molecule has 41 heavy (non-hydrogen) atoms. The molecule has 2 aliphatic heterocycles. The monoisotopic (exact) mass is 595 g/mol. The summed E-state index contributed by atoms with van der Waals surface area (Å²) >= 11 is 5.56. The number of nitrogens with zero attached hydrogens (tertiary/aromatic N) is 4. The molecule has 0 aliphatic carbocycles. The number of halogens is 5. The normalized spacial score (nSPS) is 19.7. The topological polar surface area (TPSA) is 71.8 Å². The maximum Gasteiger partial charge on any atom is 0.417 e. The average molecular weight is 596 g/mol. The zero-order valence-corrected chi connectivity index (χ0v) is 23.6. The van der Waals surface area contributed by atoms with Crippen LogP contribution in [0.3, 0.4) is 0 Å². The van der Waals surface area contributed by atoms with Crippen molar-refractivity contribution in [3.05, 3.63) is 53.1 Å². The Hall–Kier alpha value is -3.34. The van der Waals surface area contributed by atoms with E-state index in [0.29, 0.717) is 30.9 Å². The third-order valence-corrected chi connectivity index (χ3v) is 7.51. The SMILES string of the molecule is CC1CN(CCOc2ccc(N3C(=S)N(c4ccc(C#N)c(C(F)(F)F)c4)C(=O)C3(C)C)cc2CC(F)F)CCN1. The second-order valence-corrected chi connectivity index (χ2v) is 10.9. The Labute approximate surface area is 240 Å². The summed E-state index contributed by atoms with van der Waals surface area (Å²) in [5.74, 6) is -0.327. The molecule has 2 heterocycles. The van der Waals surface area contributed by atoms with E-state index in [1.165, 1.54) is 23.1 Å². The predicted molar refractivity (Wildman–Crippen MR) is 148 cm³/mol. The minimum absolute atomic E-state index is 0.123. The fourth-order valence-corrected chi connectivity index (χ4v) is 5.65. The molecule has 0 aromatic heterocycles. The van der Waals surface area contributed by atoms with Gasteiger partial charge in [0.2, 0.25) is 6.43 Å². The van der Waals surface area contributed by atoms with E-state index >= 15 is 0 Å². The summed E-state index contributed by atoms with van der Waals surface area (Å²) in [5.41, 5.74) is -2.76. The molecule has 0 bridgehead atoms. The smallest absolute Gasteiger partial charge is 0.417 e. The Kier molecular flexibility index (Phi) is 8.87. The Morgan fingerprint density at radius 1 is 1.20 bits per heavy atom. The number of thiocarbonyl (C=S) groups is 1. The standard InChI is InChI=1S/C28H30F5N5O2S/c1-17-16-36(9-8-35-17)10-11-40-23-7-6-21(12-19(23)13-24(29)30)38-26(41)37(25(39)27(38,2)3)20-5-4-18(15-34)22(14-20)28(31,32)33/h4-7,12,14,17,24,35H,8-11,13,16H2,1-3H3. The molecule has 2 aromatic carbocycles. The van der Waals surface area contributed by atoms with E-state index in [2.05, 4.69) is 17.1 Å². The van der Waals surface area contributed by atoms with Crippen LogP contribution >= 0.6 is 12.2 Å². The Bertz CT molecular complexity index is 1360. The van der Waals surface area contributed by atoms with Crippen molar-refractivity contribution >= 4 is 34.6 Å². The molecular weight excluding hydrogens is 565 g/mol. The van der Waals surface area contributed by atoms with Gasteiger partial charge in [-0.05, 0) is 69.4 Å². The number of piperazine rings is 1. The minimum Gasteiger partial charge on any atom is -0.492 e. The van der Waals surface area contributed by atoms with Crippen LogP contribution in [0.25, 0.3) is 0 Å². The summed E-state index contributed by atoms with van der Waals surface area (Å²) in [5, 5.41) is 12.4. The predicted octanol–water partition coefficient (Wildman–Crippen LogP) is 4.97. The molecule has 7 nitrogen and oxygen atoms in total. The number of carbonyl (C=O) groups is 1. The molecule has 1 unspecified atom stereocenters. The molecule has 4 rings (SSSR count). The number of hydrogen-bond donors (Lipinski definition) is 1. The zero-order valence-electron chi connectivity index (χ0n) is 22.8. The van der Waals surface area contributed by atoms with Crippen LogP contribution in [0.2, 0.25) is 0 Å².